The van der Waals surface area contributed by atoms with Crippen molar-refractivity contribution < 1.29 is 4.39 Å². The molecule has 0 spiro atoms. The highest BCUT2D eigenvalue weighted by molar-refractivity contribution is 9.10. The Labute approximate surface area is 106 Å². The third-order valence-corrected chi connectivity index (χ3v) is 2.63. The molecule has 0 aromatic heterocycles. The summed E-state index contributed by atoms with van der Waals surface area (Å²) in [6, 6.07) is 2.50. The first kappa shape index (κ1) is 13.2. The molecule has 1 aromatic rings. The summed E-state index contributed by atoms with van der Waals surface area (Å²) in [5.74, 6) is 5.20. The van der Waals surface area contributed by atoms with Crippen LogP contribution in [-0.4, -0.2) is 12.5 Å². The Hall–Kier alpha value is -0.850. The normalized spacial score (nSPS) is 11.4. The molecule has 1 rings (SSSR count). The van der Waals surface area contributed by atoms with Gasteiger partial charge in [-0.05, 0) is 35.0 Å². The van der Waals surface area contributed by atoms with Gasteiger partial charge < -0.3 is 5.32 Å². The second-order valence-corrected chi connectivity index (χ2v) is 4.10. The lowest BCUT2D eigenvalue weighted by atomic mass is 10.3. The van der Waals surface area contributed by atoms with E-state index >= 15 is 0 Å². The van der Waals surface area contributed by atoms with E-state index in [-0.39, 0.29) is 5.02 Å². The van der Waals surface area contributed by atoms with Crippen LogP contribution in [0.4, 0.5) is 10.1 Å². The van der Waals surface area contributed by atoms with Crippen LogP contribution in [0.2, 0.25) is 5.02 Å². The summed E-state index contributed by atoms with van der Waals surface area (Å²) in [7, 11) is 0. The number of nitrogens with two attached hydrogens (primary N) is 1. The van der Waals surface area contributed by atoms with Crippen molar-refractivity contribution in [2.24, 2.45) is 10.8 Å². The van der Waals surface area contributed by atoms with Crippen molar-refractivity contribution in [3.8, 4) is 0 Å². The van der Waals surface area contributed by atoms with Crippen LogP contribution in [0.25, 0.3) is 0 Å². The molecule has 0 bridgehead atoms. The fourth-order valence-corrected chi connectivity index (χ4v) is 1.96. The Kier molecular flexibility index (Phi) is 4.98. The fraction of sp³-hybridized carbons (Fsp3) is 0.222. The van der Waals surface area contributed by atoms with Gasteiger partial charge in [-0.1, -0.05) is 11.6 Å². The lowest BCUT2D eigenvalue weighted by Gasteiger charge is -2.12. The number of halogens is 3. The summed E-state index contributed by atoms with van der Waals surface area (Å²) < 4.78 is 13.5. The third kappa shape index (κ3) is 3.33. The molecule has 0 aliphatic rings. The van der Waals surface area contributed by atoms with Crippen LogP contribution in [-0.2, 0) is 0 Å². The summed E-state index contributed by atoms with van der Waals surface area (Å²) in [4.78, 5) is 4.04. The number of aliphatic imine (C=N–C) groups is 1. The smallest absolute Gasteiger partial charge is 0.210 e. The fourth-order valence-electron chi connectivity index (χ4n) is 1.06. The molecule has 4 nitrogen and oxygen atoms in total. The topological polar surface area (TPSA) is 62.4 Å². The number of hydrazine groups is 1. The van der Waals surface area contributed by atoms with Crippen molar-refractivity contribution in [3.05, 3.63) is 27.4 Å². The molecule has 1 aromatic carbocycles. The summed E-state index contributed by atoms with van der Waals surface area (Å²) in [6.07, 6.45) is 0. The first-order valence-corrected chi connectivity index (χ1v) is 5.68. The molecule has 0 heterocycles. The lowest BCUT2D eigenvalue weighted by Crippen LogP contribution is -2.36. The molecular formula is C9H11BrClFN4. The van der Waals surface area contributed by atoms with Crippen LogP contribution in [0, 0.1) is 5.82 Å². The van der Waals surface area contributed by atoms with Gasteiger partial charge in [-0.25, -0.2) is 10.2 Å². The summed E-state index contributed by atoms with van der Waals surface area (Å²) in [5, 5.41) is 3.10. The van der Waals surface area contributed by atoms with E-state index in [2.05, 4.69) is 31.7 Å². The van der Waals surface area contributed by atoms with Crippen molar-refractivity contribution in [1.82, 2.24) is 5.43 Å². The van der Waals surface area contributed by atoms with Gasteiger partial charge in [0.1, 0.15) is 5.82 Å². The Morgan fingerprint density at radius 3 is 2.81 bits per heavy atom. The number of nitrogens with one attached hydrogen (secondary N) is 2. The largest absolute Gasteiger partial charge is 0.323 e. The Morgan fingerprint density at radius 1 is 1.62 bits per heavy atom. The van der Waals surface area contributed by atoms with Crippen molar-refractivity contribution in [2.45, 2.75) is 6.92 Å². The maximum absolute atomic E-state index is 13.0. The predicted octanol–water partition coefficient (Wildman–Crippen LogP) is 2.49. The molecule has 0 amide bonds. The number of nitrogens with zero attached hydrogens (tertiary/aromatic N) is 1. The summed E-state index contributed by atoms with van der Waals surface area (Å²) >= 11 is 9.08. The maximum Gasteiger partial charge on any atom is 0.210 e. The molecule has 16 heavy (non-hydrogen) atoms. The second-order valence-electron chi connectivity index (χ2n) is 2.84. The highest BCUT2D eigenvalue weighted by Crippen LogP contribution is 2.31. The van der Waals surface area contributed by atoms with Gasteiger partial charge in [-0.3, -0.25) is 10.4 Å². The Balaban J connectivity index is 3.01. The minimum atomic E-state index is -0.419. The van der Waals surface area contributed by atoms with E-state index in [1.807, 2.05) is 6.92 Å². The number of guanidine groups is 1. The highest BCUT2D eigenvalue weighted by atomic mass is 79.9. The standard InChI is InChI=1S/C9H11BrClFN4/c1-2-14-9(16-13)15-8-6(10)3-5(12)4-7(8)11/h3-4H,2,13H2,1H3,(H2,14,15,16). The van der Waals surface area contributed by atoms with Crippen LogP contribution in [0.15, 0.2) is 21.6 Å². The van der Waals surface area contributed by atoms with Crippen LogP contribution in [0.5, 0.6) is 0 Å². The molecule has 0 radical (unpaired) electrons. The lowest BCUT2D eigenvalue weighted by molar-refractivity contribution is 0.627. The quantitative estimate of drug-likeness (QED) is 0.340. The minimum absolute atomic E-state index is 0.242. The Bertz CT molecular complexity index is 387. The first-order chi connectivity index (χ1) is 7.58. The molecule has 0 unspecified atom stereocenters. The van der Waals surface area contributed by atoms with Crippen molar-refractivity contribution in [1.29, 1.82) is 0 Å². The number of anilines is 1. The maximum atomic E-state index is 13.0. The van der Waals surface area contributed by atoms with Gasteiger partial charge in [-0.15, -0.1) is 0 Å². The van der Waals surface area contributed by atoms with E-state index < -0.39 is 5.82 Å². The van der Waals surface area contributed by atoms with Gasteiger partial charge in [0.05, 0.1) is 10.7 Å². The molecule has 4 N–H and O–H groups in total. The molecule has 0 fully saturated rings. The van der Waals surface area contributed by atoms with Crippen molar-refractivity contribution >= 4 is 39.2 Å². The molecule has 0 atom stereocenters. The van der Waals surface area contributed by atoms with E-state index in [1.165, 1.54) is 12.1 Å². The zero-order chi connectivity index (χ0) is 12.1. The zero-order valence-electron chi connectivity index (χ0n) is 8.52. The van der Waals surface area contributed by atoms with Gasteiger partial charge in [0.2, 0.25) is 5.96 Å². The first-order valence-electron chi connectivity index (χ1n) is 4.51. The van der Waals surface area contributed by atoms with E-state index in [1.54, 1.807) is 0 Å². The van der Waals surface area contributed by atoms with Crippen LogP contribution in [0.3, 0.4) is 0 Å². The minimum Gasteiger partial charge on any atom is -0.323 e. The van der Waals surface area contributed by atoms with E-state index in [9.17, 15) is 4.39 Å². The number of benzene rings is 1. The van der Waals surface area contributed by atoms with E-state index in [0.29, 0.717) is 22.7 Å². The second kappa shape index (κ2) is 6.03. The molecule has 7 heteroatoms. The SMILES string of the molecule is CCN=C(NN)Nc1c(Cl)cc(F)cc1Br. The molecule has 0 saturated heterocycles. The highest BCUT2D eigenvalue weighted by Gasteiger charge is 2.09. The monoisotopic (exact) mass is 308 g/mol. The average molecular weight is 310 g/mol. The van der Waals surface area contributed by atoms with Gasteiger partial charge in [0, 0.05) is 11.0 Å². The summed E-state index contributed by atoms with van der Waals surface area (Å²) in [6.45, 7) is 2.42. The molecule has 0 saturated carbocycles. The third-order valence-electron chi connectivity index (χ3n) is 1.70. The molecule has 0 aliphatic carbocycles. The number of hydrogen-bond acceptors (Lipinski definition) is 2. The van der Waals surface area contributed by atoms with Crippen LogP contribution < -0.4 is 16.6 Å². The molecule has 0 aliphatic heterocycles. The van der Waals surface area contributed by atoms with Gasteiger partial charge in [-0.2, -0.15) is 0 Å². The van der Waals surface area contributed by atoms with E-state index in [0.717, 1.165) is 0 Å². The van der Waals surface area contributed by atoms with Gasteiger partial charge in [0.15, 0.2) is 0 Å². The number of hydrogen-bond donors (Lipinski definition) is 3. The molecular weight excluding hydrogens is 298 g/mol. The van der Waals surface area contributed by atoms with Crippen molar-refractivity contribution in [3.63, 3.8) is 0 Å². The van der Waals surface area contributed by atoms with Gasteiger partial charge in [0.25, 0.3) is 0 Å². The number of rotatable bonds is 2. The van der Waals surface area contributed by atoms with Crippen LogP contribution >= 0.6 is 27.5 Å². The Morgan fingerprint density at radius 2 is 2.31 bits per heavy atom. The van der Waals surface area contributed by atoms with E-state index in [4.69, 9.17) is 17.4 Å². The summed E-state index contributed by atoms with van der Waals surface area (Å²) in [5.41, 5.74) is 2.89. The van der Waals surface area contributed by atoms with Gasteiger partial charge >= 0.3 is 0 Å². The average Bonchev–Trinajstić information content (AvgIpc) is 2.21. The van der Waals surface area contributed by atoms with Crippen LogP contribution in [0.1, 0.15) is 6.92 Å². The zero-order valence-corrected chi connectivity index (χ0v) is 10.9. The molecule has 88 valence electrons. The van der Waals surface area contributed by atoms with Crippen molar-refractivity contribution in [2.75, 3.05) is 11.9 Å². The predicted molar refractivity (Wildman–Crippen MR) is 68.0 cm³/mol.